The van der Waals surface area contributed by atoms with Gasteiger partial charge in [0.2, 0.25) is 0 Å². The van der Waals surface area contributed by atoms with Gasteiger partial charge in [0.15, 0.2) is 0 Å². The van der Waals surface area contributed by atoms with Crippen molar-refractivity contribution in [3.8, 4) is 0 Å². The van der Waals surface area contributed by atoms with Gasteiger partial charge in [-0.25, -0.2) is 0 Å². The molecule has 2 atom stereocenters. The highest BCUT2D eigenvalue weighted by atomic mass is 16.5. The van der Waals surface area contributed by atoms with Crippen LogP contribution in [0.2, 0.25) is 0 Å². The van der Waals surface area contributed by atoms with Gasteiger partial charge in [0.1, 0.15) is 0 Å². The van der Waals surface area contributed by atoms with Crippen LogP contribution in [0.25, 0.3) is 0 Å². The van der Waals surface area contributed by atoms with E-state index in [-0.39, 0.29) is 23.8 Å². The number of esters is 2. The number of rotatable bonds is 34. The Bertz CT molecular complexity index is 730. The summed E-state index contributed by atoms with van der Waals surface area (Å²) < 4.78 is 11.3. The van der Waals surface area contributed by atoms with Gasteiger partial charge in [-0.1, -0.05) is 141 Å². The van der Waals surface area contributed by atoms with Gasteiger partial charge in [0.05, 0.1) is 13.2 Å². The van der Waals surface area contributed by atoms with Gasteiger partial charge in [-0.2, -0.15) is 0 Å². The minimum Gasteiger partial charge on any atom is -0.465 e. The van der Waals surface area contributed by atoms with Crippen molar-refractivity contribution < 1.29 is 19.1 Å². The molecule has 0 aromatic carbocycles. The Morgan fingerprint density at radius 2 is 0.771 bits per heavy atom. The summed E-state index contributed by atoms with van der Waals surface area (Å²) in [6.45, 7) is 7.18. The van der Waals surface area contributed by atoms with E-state index >= 15 is 0 Å². The Kier molecular flexibility index (Phi) is 31.3. The van der Waals surface area contributed by atoms with E-state index in [0.717, 1.165) is 38.8 Å². The smallest absolute Gasteiger partial charge is 0.305 e. The maximum absolute atomic E-state index is 12.4. The quantitative estimate of drug-likeness (QED) is 0.0386. The molecule has 1 fully saturated rings. The highest BCUT2D eigenvalue weighted by molar-refractivity contribution is 5.69. The molecule has 1 saturated heterocycles. The molecule has 1 rings (SSSR count). The number of unbranched alkanes of at least 4 members (excludes halogenated alkanes) is 22. The van der Waals surface area contributed by atoms with Gasteiger partial charge >= 0.3 is 11.9 Å². The maximum atomic E-state index is 12.4. The molecule has 1 heterocycles. The zero-order valence-corrected chi connectivity index (χ0v) is 32.2. The van der Waals surface area contributed by atoms with Crippen molar-refractivity contribution in [2.45, 2.75) is 194 Å². The summed E-state index contributed by atoms with van der Waals surface area (Å²) in [4.78, 5) is 27.0. The second-order valence-corrected chi connectivity index (χ2v) is 14.8. The number of carbonyl (C=O) groups is 2. The fourth-order valence-electron chi connectivity index (χ4n) is 6.78. The van der Waals surface area contributed by atoms with Crippen molar-refractivity contribution in [1.29, 1.82) is 0 Å². The van der Waals surface area contributed by atoms with Crippen molar-refractivity contribution in [3.05, 3.63) is 24.3 Å². The van der Waals surface area contributed by atoms with Gasteiger partial charge in [-0.05, 0) is 71.3 Å². The maximum Gasteiger partial charge on any atom is 0.305 e. The van der Waals surface area contributed by atoms with Crippen LogP contribution in [0.3, 0.4) is 0 Å². The Morgan fingerprint density at radius 3 is 1.10 bits per heavy atom. The molecular weight excluding hydrogens is 594 g/mol. The largest absolute Gasteiger partial charge is 0.465 e. The third kappa shape index (κ3) is 28.2. The van der Waals surface area contributed by atoms with Crippen molar-refractivity contribution in [2.24, 2.45) is 11.8 Å². The van der Waals surface area contributed by atoms with E-state index in [2.05, 4.69) is 50.1 Å². The van der Waals surface area contributed by atoms with E-state index in [1.807, 2.05) is 0 Å². The number of ether oxygens (including phenoxy) is 2. The summed E-state index contributed by atoms with van der Waals surface area (Å²) >= 11 is 0. The van der Waals surface area contributed by atoms with Crippen LogP contribution < -0.4 is 0 Å². The number of carbonyl (C=O) groups excluding carboxylic acids is 2. The number of hydrogen-bond acceptors (Lipinski definition) is 5. The fourth-order valence-corrected chi connectivity index (χ4v) is 6.78. The molecule has 5 nitrogen and oxygen atoms in total. The summed E-state index contributed by atoms with van der Waals surface area (Å²) in [7, 11) is 2.09. The Hall–Kier alpha value is -1.62. The van der Waals surface area contributed by atoms with Gasteiger partial charge in [0.25, 0.3) is 0 Å². The van der Waals surface area contributed by atoms with Crippen LogP contribution in [0.5, 0.6) is 0 Å². The molecule has 280 valence electrons. The van der Waals surface area contributed by atoms with E-state index in [4.69, 9.17) is 9.47 Å². The molecule has 0 amide bonds. The zero-order chi connectivity index (χ0) is 34.8. The molecule has 0 N–H and O–H groups in total. The lowest BCUT2D eigenvalue weighted by atomic mass is 9.98. The van der Waals surface area contributed by atoms with Gasteiger partial charge < -0.3 is 14.4 Å². The van der Waals surface area contributed by atoms with E-state index < -0.39 is 0 Å². The molecule has 1 aliphatic rings. The molecule has 1 aliphatic heterocycles. The minimum atomic E-state index is -0.0814. The van der Waals surface area contributed by atoms with Crippen LogP contribution in [0.15, 0.2) is 24.3 Å². The van der Waals surface area contributed by atoms with Crippen LogP contribution in [-0.2, 0) is 19.1 Å². The summed E-state index contributed by atoms with van der Waals surface area (Å²) in [5, 5.41) is 0. The lowest BCUT2D eigenvalue weighted by Gasteiger charge is -2.18. The highest BCUT2D eigenvalue weighted by Crippen LogP contribution is 2.24. The van der Waals surface area contributed by atoms with Crippen molar-refractivity contribution >= 4 is 11.9 Å². The topological polar surface area (TPSA) is 55.8 Å². The number of hydrogen-bond donors (Lipinski definition) is 0. The SMILES string of the molecule is CCCCCCCC/C=C\CCCCCCCC(=O)OC[C@H]1CN(C)C[C@@H]1COC(=O)CCCCCCC/C=C\CCCCCCCC. The standard InChI is InChI=1S/C43H79NO4/c1-4-6-8-10-12-14-16-18-20-22-24-26-28-30-32-34-42(45)47-38-40-36-44(3)37-41(40)39-48-43(46)35-33-31-29-27-25-23-21-19-17-15-13-11-9-7-5-2/h18-21,40-41H,4-17,22-39H2,1-3H3/b20-18-,21-19-/t40-,41-/m1/s1. The second kappa shape index (κ2) is 33.9. The predicted molar refractivity (Wildman–Crippen MR) is 205 cm³/mol. The molecule has 0 spiro atoms. The molecule has 0 saturated carbocycles. The minimum absolute atomic E-state index is 0.0814. The van der Waals surface area contributed by atoms with E-state index in [1.54, 1.807) is 0 Å². The van der Waals surface area contributed by atoms with E-state index in [0.29, 0.717) is 26.1 Å². The number of likely N-dealkylation sites (tertiary alicyclic amines) is 1. The first-order valence-electron chi connectivity index (χ1n) is 20.9. The molecule has 0 radical (unpaired) electrons. The third-order valence-corrected chi connectivity index (χ3v) is 9.96. The van der Waals surface area contributed by atoms with Gasteiger partial charge in [-0.3, -0.25) is 9.59 Å². The average molecular weight is 674 g/mol. The van der Waals surface area contributed by atoms with Crippen LogP contribution in [0, 0.1) is 11.8 Å². The summed E-state index contributed by atoms with van der Waals surface area (Å²) in [5.74, 6) is 0.311. The lowest BCUT2D eigenvalue weighted by Crippen LogP contribution is -2.25. The van der Waals surface area contributed by atoms with Gasteiger partial charge in [0, 0.05) is 37.8 Å². The lowest BCUT2D eigenvalue weighted by molar-refractivity contribution is -0.149. The molecule has 0 unspecified atom stereocenters. The first kappa shape index (κ1) is 44.4. The normalized spacial score (nSPS) is 16.8. The molecule has 48 heavy (non-hydrogen) atoms. The highest BCUT2D eigenvalue weighted by Gasteiger charge is 2.32. The number of allylic oxidation sites excluding steroid dienone is 4. The molecule has 5 heteroatoms. The van der Waals surface area contributed by atoms with E-state index in [1.165, 1.54) is 141 Å². The fraction of sp³-hybridized carbons (Fsp3) is 0.860. The average Bonchev–Trinajstić information content (AvgIpc) is 3.45. The first-order chi connectivity index (χ1) is 23.6. The first-order valence-corrected chi connectivity index (χ1v) is 20.9. The van der Waals surface area contributed by atoms with Crippen LogP contribution in [-0.4, -0.2) is 50.2 Å². The summed E-state index contributed by atoms with van der Waals surface area (Å²) in [6.07, 6.45) is 43.1. The Balaban J connectivity index is 1.98. The third-order valence-electron chi connectivity index (χ3n) is 9.96. The van der Waals surface area contributed by atoms with E-state index in [9.17, 15) is 9.59 Å². The predicted octanol–water partition coefficient (Wildman–Crippen LogP) is 12.3. The Morgan fingerprint density at radius 1 is 0.479 bits per heavy atom. The van der Waals surface area contributed by atoms with Crippen LogP contribution >= 0.6 is 0 Å². The van der Waals surface area contributed by atoms with Crippen molar-refractivity contribution in [2.75, 3.05) is 33.4 Å². The second-order valence-electron chi connectivity index (χ2n) is 14.8. The van der Waals surface area contributed by atoms with Crippen LogP contribution in [0.1, 0.15) is 194 Å². The molecule has 0 aromatic rings. The van der Waals surface area contributed by atoms with Crippen LogP contribution in [0.4, 0.5) is 0 Å². The zero-order valence-electron chi connectivity index (χ0n) is 32.2. The van der Waals surface area contributed by atoms with Crippen molar-refractivity contribution in [1.82, 2.24) is 4.90 Å². The van der Waals surface area contributed by atoms with Crippen molar-refractivity contribution in [3.63, 3.8) is 0 Å². The summed E-state index contributed by atoms with van der Waals surface area (Å²) in [6, 6.07) is 0. The molecule has 0 bridgehead atoms. The summed E-state index contributed by atoms with van der Waals surface area (Å²) in [5.41, 5.74) is 0. The monoisotopic (exact) mass is 674 g/mol. The molecular formula is C43H79NO4. The van der Waals surface area contributed by atoms with Gasteiger partial charge in [-0.15, -0.1) is 0 Å². The Labute approximate surface area is 298 Å². The molecule has 0 aliphatic carbocycles. The molecule has 0 aromatic heterocycles. The number of nitrogens with zero attached hydrogens (tertiary/aromatic N) is 1.